The second kappa shape index (κ2) is 7.64. The largest absolute Gasteiger partial charge is 0.289 e. The summed E-state index contributed by atoms with van der Waals surface area (Å²) in [5.74, 6) is 5.98. The van der Waals surface area contributed by atoms with E-state index in [0.29, 0.717) is 29.5 Å². The maximum absolute atomic E-state index is 15.6. The number of hydrogen-bond acceptors (Lipinski definition) is 1. The maximum Gasteiger partial charge on any atom is 0.194 e. The highest BCUT2D eigenvalue weighted by atomic mass is 16.1. The van der Waals surface area contributed by atoms with Gasteiger partial charge in [0.2, 0.25) is 0 Å². The molecule has 0 unspecified atom stereocenters. The van der Waals surface area contributed by atoms with E-state index < -0.39 is 0 Å². The Kier molecular flexibility index (Phi) is 4.40. The Hall–Kier alpha value is -1.89. The van der Waals surface area contributed by atoms with Gasteiger partial charge in [-0.3, -0.25) is 4.79 Å². The molecule has 196 valence electrons. The van der Waals surface area contributed by atoms with Gasteiger partial charge in [-0.1, -0.05) is 12.1 Å². The Morgan fingerprint density at radius 1 is 0.368 bits per heavy atom. The lowest BCUT2D eigenvalue weighted by Crippen LogP contribution is -2.34. The third kappa shape index (κ3) is 2.68. The lowest BCUT2D eigenvalue weighted by atomic mass is 9.56. The lowest BCUT2D eigenvalue weighted by molar-refractivity contribution is 0.102. The van der Waals surface area contributed by atoms with Crippen molar-refractivity contribution < 1.29 is 4.79 Å². The molecule has 0 aromatic heterocycles. The van der Waals surface area contributed by atoms with Gasteiger partial charge in [0.25, 0.3) is 0 Å². The molecule has 1 heteroatoms. The zero-order valence-corrected chi connectivity index (χ0v) is 23.0. The SMILES string of the molecule is O=C(c1c2c(cc3c1C1CCC3CC1)C1CCC2CC1)c1c2c(cc3c1C1CCC3CC1)C1CCC2CC1. The zero-order chi connectivity index (χ0) is 24.7. The topological polar surface area (TPSA) is 17.1 Å². The van der Waals surface area contributed by atoms with Gasteiger partial charge in [-0.25, -0.2) is 0 Å². The fourth-order valence-corrected chi connectivity index (χ4v) is 12.0. The minimum atomic E-state index is 0.534. The predicted octanol–water partition coefficient (Wildman–Crippen LogP) is 9.94. The van der Waals surface area contributed by atoms with Crippen LogP contribution in [-0.4, -0.2) is 5.78 Å². The van der Waals surface area contributed by atoms with Gasteiger partial charge in [-0.15, -0.1) is 0 Å². The summed E-state index contributed by atoms with van der Waals surface area (Å²) in [6, 6.07) is 5.38. The Morgan fingerprint density at radius 3 is 0.816 bits per heavy atom. The Morgan fingerprint density at radius 2 is 0.579 bits per heavy atom. The summed E-state index contributed by atoms with van der Waals surface area (Å²) in [4.78, 5) is 15.6. The summed E-state index contributed by atoms with van der Waals surface area (Å²) in [7, 11) is 0. The van der Waals surface area contributed by atoms with Gasteiger partial charge >= 0.3 is 0 Å². The van der Waals surface area contributed by atoms with Gasteiger partial charge in [0.05, 0.1) is 0 Å². The molecule has 0 radical (unpaired) electrons. The highest BCUT2D eigenvalue weighted by molar-refractivity contribution is 6.14. The fourth-order valence-electron chi connectivity index (χ4n) is 12.0. The molecule has 0 saturated heterocycles. The fraction of sp³-hybridized carbons (Fsp3) is 0.649. The molecule has 4 saturated carbocycles. The summed E-state index contributed by atoms with van der Waals surface area (Å²) < 4.78 is 0. The van der Waals surface area contributed by atoms with Crippen LogP contribution in [0.15, 0.2) is 12.1 Å². The van der Waals surface area contributed by atoms with Crippen molar-refractivity contribution in [3.8, 4) is 0 Å². The molecule has 0 spiro atoms. The van der Waals surface area contributed by atoms with Crippen molar-refractivity contribution in [2.75, 3.05) is 0 Å². The molecular formula is C37H42O. The van der Waals surface area contributed by atoms with Crippen LogP contribution in [0.1, 0.15) is 211 Å². The lowest BCUT2D eigenvalue weighted by Gasteiger charge is -2.47. The summed E-state index contributed by atoms with van der Waals surface area (Å²) in [5.41, 5.74) is 15.5. The second-order valence-electron chi connectivity index (χ2n) is 15.0. The van der Waals surface area contributed by atoms with Gasteiger partial charge in [0, 0.05) is 11.1 Å². The molecule has 2 aromatic carbocycles. The molecule has 2 aromatic rings. The predicted molar refractivity (Wildman–Crippen MR) is 152 cm³/mol. The highest BCUT2D eigenvalue weighted by Crippen LogP contribution is 2.61. The Labute approximate surface area is 228 Å². The van der Waals surface area contributed by atoms with Crippen LogP contribution >= 0.6 is 0 Å². The molecule has 0 N–H and O–H groups in total. The van der Waals surface area contributed by atoms with E-state index in [4.69, 9.17) is 0 Å². The van der Waals surface area contributed by atoms with Crippen molar-refractivity contribution in [1.82, 2.24) is 0 Å². The van der Waals surface area contributed by atoms with Crippen LogP contribution in [0.25, 0.3) is 0 Å². The van der Waals surface area contributed by atoms with Crippen molar-refractivity contribution in [2.45, 2.75) is 150 Å². The van der Waals surface area contributed by atoms with Crippen LogP contribution in [0.2, 0.25) is 0 Å². The molecule has 12 aliphatic rings. The van der Waals surface area contributed by atoms with Gasteiger partial charge < -0.3 is 0 Å². The van der Waals surface area contributed by atoms with Crippen LogP contribution in [0.3, 0.4) is 0 Å². The normalized spacial score (nSPS) is 38.5. The van der Waals surface area contributed by atoms with E-state index in [1.54, 1.807) is 44.5 Å². The van der Waals surface area contributed by atoms with Gasteiger partial charge in [0.1, 0.15) is 0 Å². The van der Waals surface area contributed by atoms with E-state index in [9.17, 15) is 0 Å². The van der Waals surface area contributed by atoms with Crippen LogP contribution in [-0.2, 0) is 0 Å². The molecule has 4 fully saturated rings. The average molecular weight is 503 g/mol. The van der Waals surface area contributed by atoms with E-state index in [1.165, 1.54) is 114 Å². The number of carbonyl (C=O) groups excluding carboxylic acids is 1. The first-order valence-electron chi connectivity index (χ1n) is 16.7. The van der Waals surface area contributed by atoms with Crippen molar-refractivity contribution in [3.63, 3.8) is 0 Å². The summed E-state index contributed by atoms with van der Waals surface area (Å²) >= 11 is 0. The smallest absolute Gasteiger partial charge is 0.194 e. The minimum Gasteiger partial charge on any atom is -0.289 e. The van der Waals surface area contributed by atoms with Crippen LogP contribution in [0.4, 0.5) is 0 Å². The number of hydrogen-bond donors (Lipinski definition) is 0. The van der Waals surface area contributed by atoms with Crippen LogP contribution in [0, 0.1) is 0 Å². The van der Waals surface area contributed by atoms with Gasteiger partial charge in [-0.05, 0) is 195 Å². The van der Waals surface area contributed by atoms with Gasteiger partial charge in [-0.2, -0.15) is 0 Å². The molecule has 12 aliphatic carbocycles. The highest BCUT2D eigenvalue weighted by Gasteiger charge is 2.47. The minimum absolute atomic E-state index is 0.534. The summed E-state index contributed by atoms with van der Waals surface area (Å²) in [5, 5.41) is 0. The van der Waals surface area contributed by atoms with E-state index in [-0.39, 0.29) is 0 Å². The molecule has 0 aliphatic heterocycles. The van der Waals surface area contributed by atoms with Crippen LogP contribution < -0.4 is 0 Å². The monoisotopic (exact) mass is 502 g/mol. The van der Waals surface area contributed by atoms with Crippen molar-refractivity contribution in [2.24, 2.45) is 0 Å². The third-order valence-electron chi connectivity index (χ3n) is 13.7. The number of ketones is 1. The average Bonchev–Trinajstić information content (AvgIpc) is 3.01. The molecule has 8 bridgehead atoms. The third-order valence-corrected chi connectivity index (χ3v) is 13.7. The second-order valence-corrected chi connectivity index (χ2v) is 15.0. The van der Waals surface area contributed by atoms with E-state index in [2.05, 4.69) is 12.1 Å². The van der Waals surface area contributed by atoms with Crippen molar-refractivity contribution in [1.29, 1.82) is 0 Å². The molecule has 14 rings (SSSR count). The van der Waals surface area contributed by atoms with Crippen molar-refractivity contribution >= 4 is 5.78 Å². The number of rotatable bonds is 2. The molecule has 0 heterocycles. The molecule has 0 amide bonds. The van der Waals surface area contributed by atoms with E-state index in [0.717, 1.165) is 23.7 Å². The summed E-state index contributed by atoms with van der Waals surface area (Å²) in [6.07, 6.45) is 21.5. The van der Waals surface area contributed by atoms with Crippen molar-refractivity contribution in [3.05, 3.63) is 67.8 Å². The first-order chi connectivity index (χ1) is 18.7. The van der Waals surface area contributed by atoms with E-state index in [1.807, 2.05) is 0 Å². The standard InChI is InChI=1S/C37H42O/c38-37(35-31-23-9-1-19(2-10-23)27(31)17-28-20-3-11-24(12-4-20)32(28)35)36-33-25-13-5-21(6-14-25)29(33)18-30-22-7-15-26(16-8-22)34(30)36/h17-26H,1-16H2. The van der Waals surface area contributed by atoms with E-state index >= 15 is 4.79 Å². The molecular weight excluding hydrogens is 460 g/mol. The first-order valence-corrected chi connectivity index (χ1v) is 16.7. The van der Waals surface area contributed by atoms with Crippen LogP contribution in [0.5, 0.6) is 0 Å². The molecule has 38 heavy (non-hydrogen) atoms. The molecule has 1 nitrogen and oxygen atoms in total. The first kappa shape index (κ1) is 21.9. The van der Waals surface area contributed by atoms with Gasteiger partial charge in [0.15, 0.2) is 5.78 Å². The Balaban J connectivity index is 1.28. The summed E-state index contributed by atoms with van der Waals surface area (Å²) in [6.45, 7) is 0. The zero-order valence-electron chi connectivity index (χ0n) is 23.0. The number of carbonyl (C=O) groups is 1. The Bertz CT molecular complexity index is 1180. The molecule has 0 atom stereocenters. The number of benzene rings is 2. The maximum atomic E-state index is 15.6. The quantitative estimate of drug-likeness (QED) is 0.373. The number of fused-ring (bicyclic) bond motifs is 8.